The number of H-pyrrole nitrogens is 1. The van der Waals surface area contributed by atoms with Crippen LogP contribution in [0.25, 0.3) is 11.3 Å². The summed E-state index contributed by atoms with van der Waals surface area (Å²) < 4.78 is 28.9. The summed E-state index contributed by atoms with van der Waals surface area (Å²) in [6.45, 7) is 3.01. The molecule has 2 heterocycles. The van der Waals surface area contributed by atoms with Crippen molar-refractivity contribution in [3.8, 4) is 11.3 Å². The quantitative estimate of drug-likeness (QED) is 0.385. The standard InChI is InChI=1S/C27H25ClF2N4O3/c1-14-10-18(29)23(19(30)11-14)27(37)32-20-6-4-3-5-7-22(36)31-21-13-16(12-15(2)35)8-9-17(21)24-25(28)34-26(20)33-24/h3-4,8-11,13,20H,5-7,12H2,1-2H3,(H,31,36)(H,32,37)(H,33,34)/b4-3+/t20-/m0/s1. The van der Waals surface area contributed by atoms with Crippen LogP contribution in [0.3, 0.4) is 0 Å². The van der Waals surface area contributed by atoms with Gasteiger partial charge in [-0.25, -0.2) is 13.8 Å². The molecule has 1 aromatic heterocycles. The number of Topliss-reactive ketones (excluding diaryl/α,β-unsaturated/α-hetero) is 1. The van der Waals surface area contributed by atoms with Crippen molar-refractivity contribution < 1.29 is 23.2 Å². The SMILES string of the molecule is CC(=O)Cc1ccc2c(c1)NC(=O)CC/C=C/C[C@H](NC(=O)c1c(F)cc(C)cc1F)c1nc-2c(Cl)[nH]1. The molecule has 1 aliphatic heterocycles. The summed E-state index contributed by atoms with van der Waals surface area (Å²) in [4.78, 5) is 44.6. The van der Waals surface area contributed by atoms with Crippen LogP contribution in [0.1, 0.15) is 59.5 Å². The number of carbonyl (C=O) groups is 3. The van der Waals surface area contributed by atoms with Crippen LogP contribution in [-0.2, 0) is 16.0 Å². The van der Waals surface area contributed by atoms with Crippen LogP contribution >= 0.6 is 11.6 Å². The van der Waals surface area contributed by atoms with Gasteiger partial charge in [0.05, 0.1) is 11.7 Å². The highest BCUT2D eigenvalue weighted by Gasteiger charge is 2.25. The lowest BCUT2D eigenvalue weighted by Gasteiger charge is -2.16. The molecule has 2 amide bonds. The number of carbonyl (C=O) groups excluding carboxylic acids is 3. The molecule has 1 atom stereocenters. The first-order chi connectivity index (χ1) is 17.6. The highest BCUT2D eigenvalue weighted by molar-refractivity contribution is 6.32. The molecule has 0 saturated heterocycles. The van der Waals surface area contributed by atoms with Gasteiger partial charge in [0.1, 0.15) is 39.7 Å². The summed E-state index contributed by atoms with van der Waals surface area (Å²) in [5, 5.41) is 5.67. The topological polar surface area (TPSA) is 104 Å². The Morgan fingerprint density at radius 3 is 2.59 bits per heavy atom. The van der Waals surface area contributed by atoms with Gasteiger partial charge >= 0.3 is 0 Å². The van der Waals surface area contributed by atoms with Crippen LogP contribution in [0.4, 0.5) is 14.5 Å². The first kappa shape index (κ1) is 26.2. The number of aromatic amines is 1. The number of fused-ring (bicyclic) bond motifs is 4. The lowest BCUT2D eigenvalue weighted by Crippen LogP contribution is -2.30. The number of nitrogens with zero attached hydrogens (tertiary/aromatic N) is 1. The molecule has 0 saturated carbocycles. The van der Waals surface area contributed by atoms with Gasteiger partial charge in [-0.15, -0.1) is 0 Å². The van der Waals surface area contributed by atoms with E-state index in [4.69, 9.17) is 11.6 Å². The summed E-state index contributed by atoms with van der Waals surface area (Å²) in [7, 11) is 0. The number of aromatic nitrogens is 2. The molecule has 1 aliphatic rings. The lowest BCUT2D eigenvalue weighted by molar-refractivity contribution is -0.117. The molecule has 0 spiro atoms. The van der Waals surface area contributed by atoms with Gasteiger partial charge in [0.15, 0.2) is 0 Å². The summed E-state index contributed by atoms with van der Waals surface area (Å²) in [6.07, 6.45) is 4.60. The van der Waals surface area contributed by atoms with E-state index in [1.165, 1.54) is 13.8 Å². The van der Waals surface area contributed by atoms with Crippen LogP contribution in [0.5, 0.6) is 0 Å². The molecule has 4 rings (SSSR count). The number of nitrogens with one attached hydrogen (secondary N) is 3. The monoisotopic (exact) mass is 526 g/mol. The third-order valence-corrected chi connectivity index (χ3v) is 6.14. The Kier molecular flexibility index (Phi) is 7.83. The number of allylic oxidation sites excluding steroid dienone is 1. The maximum absolute atomic E-state index is 14.4. The molecular formula is C27H25ClF2N4O3. The van der Waals surface area contributed by atoms with E-state index in [0.29, 0.717) is 28.9 Å². The Hall–Kier alpha value is -3.85. The predicted molar refractivity (Wildman–Crippen MR) is 136 cm³/mol. The third kappa shape index (κ3) is 6.11. The molecule has 0 fully saturated rings. The Morgan fingerprint density at radius 1 is 1.16 bits per heavy atom. The van der Waals surface area contributed by atoms with Crippen molar-refractivity contribution in [1.29, 1.82) is 0 Å². The number of halogens is 3. The average molecular weight is 527 g/mol. The largest absolute Gasteiger partial charge is 0.342 e. The molecule has 7 nitrogen and oxygen atoms in total. The summed E-state index contributed by atoms with van der Waals surface area (Å²) in [6, 6.07) is 6.55. The fourth-order valence-electron chi connectivity index (χ4n) is 4.17. The number of hydrogen-bond acceptors (Lipinski definition) is 4. The normalized spacial score (nSPS) is 16.5. The number of ketones is 1. The molecule has 3 aromatic rings. The number of aryl methyl sites for hydroxylation is 1. The first-order valence-electron chi connectivity index (χ1n) is 11.7. The highest BCUT2D eigenvalue weighted by atomic mass is 35.5. The fourth-order valence-corrected chi connectivity index (χ4v) is 4.42. The predicted octanol–water partition coefficient (Wildman–Crippen LogP) is 5.60. The van der Waals surface area contributed by atoms with Crippen molar-refractivity contribution in [2.45, 2.75) is 45.6 Å². The minimum atomic E-state index is -0.965. The second-order valence-electron chi connectivity index (χ2n) is 8.97. The number of amides is 2. The van der Waals surface area contributed by atoms with E-state index in [-0.39, 0.29) is 41.9 Å². The highest BCUT2D eigenvalue weighted by Crippen LogP contribution is 2.35. The maximum Gasteiger partial charge on any atom is 0.257 e. The van der Waals surface area contributed by atoms with Gasteiger partial charge in [-0.3, -0.25) is 14.4 Å². The maximum atomic E-state index is 14.4. The van der Waals surface area contributed by atoms with Crippen molar-refractivity contribution >= 4 is 34.9 Å². The number of rotatable bonds is 4. The van der Waals surface area contributed by atoms with E-state index in [1.807, 2.05) is 0 Å². The van der Waals surface area contributed by atoms with E-state index in [1.54, 1.807) is 30.4 Å². The van der Waals surface area contributed by atoms with Gasteiger partial charge in [-0.2, -0.15) is 0 Å². The van der Waals surface area contributed by atoms with Crippen molar-refractivity contribution in [1.82, 2.24) is 15.3 Å². The van der Waals surface area contributed by atoms with Crippen LogP contribution in [0, 0.1) is 18.6 Å². The van der Waals surface area contributed by atoms with Crippen LogP contribution in [0.2, 0.25) is 5.15 Å². The molecule has 192 valence electrons. The molecule has 0 aliphatic carbocycles. The number of benzene rings is 2. The van der Waals surface area contributed by atoms with Gasteiger partial charge in [0.2, 0.25) is 5.91 Å². The Labute approximate surface area is 217 Å². The van der Waals surface area contributed by atoms with Gasteiger partial charge in [0.25, 0.3) is 5.91 Å². The molecule has 2 bridgehead atoms. The van der Waals surface area contributed by atoms with Gasteiger partial charge in [0, 0.05) is 18.4 Å². The molecule has 3 N–H and O–H groups in total. The zero-order chi connectivity index (χ0) is 26.7. The van der Waals surface area contributed by atoms with Crippen molar-refractivity contribution in [2.24, 2.45) is 0 Å². The minimum Gasteiger partial charge on any atom is -0.342 e. The van der Waals surface area contributed by atoms with Crippen LogP contribution < -0.4 is 10.6 Å². The van der Waals surface area contributed by atoms with Crippen LogP contribution in [0.15, 0.2) is 42.5 Å². The Morgan fingerprint density at radius 2 is 1.89 bits per heavy atom. The minimum absolute atomic E-state index is 0.0267. The van der Waals surface area contributed by atoms with Crippen LogP contribution in [-0.4, -0.2) is 27.6 Å². The van der Waals surface area contributed by atoms with E-state index in [9.17, 15) is 23.2 Å². The third-order valence-electron chi connectivity index (χ3n) is 5.87. The van der Waals surface area contributed by atoms with Crippen molar-refractivity contribution in [3.05, 3.63) is 81.8 Å². The summed E-state index contributed by atoms with van der Waals surface area (Å²) in [5.41, 5.74) is 1.66. The smallest absolute Gasteiger partial charge is 0.257 e. The van der Waals surface area contributed by atoms with E-state index < -0.39 is 29.1 Å². The summed E-state index contributed by atoms with van der Waals surface area (Å²) >= 11 is 6.49. The Bertz CT molecular complexity index is 1390. The zero-order valence-corrected chi connectivity index (χ0v) is 21.0. The number of imidazole rings is 1. The Balaban J connectivity index is 1.74. The lowest BCUT2D eigenvalue weighted by atomic mass is 10.0. The van der Waals surface area contributed by atoms with E-state index in [2.05, 4.69) is 20.6 Å². The molecule has 10 heteroatoms. The second-order valence-corrected chi connectivity index (χ2v) is 9.34. The van der Waals surface area contributed by atoms with Crippen molar-refractivity contribution in [3.63, 3.8) is 0 Å². The fraction of sp³-hybridized carbons (Fsp3) is 0.259. The van der Waals surface area contributed by atoms with Gasteiger partial charge in [-0.1, -0.05) is 35.9 Å². The van der Waals surface area contributed by atoms with E-state index >= 15 is 0 Å². The number of anilines is 1. The zero-order valence-electron chi connectivity index (χ0n) is 20.3. The van der Waals surface area contributed by atoms with Gasteiger partial charge < -0.3 is 15.6 Å². The van der Waals surface area contributed by atoms with Crippen molar-refractivity contribution in [2.75, 3.05) is 5.32 Å². The second kappa shape index (κ2) is 11.0. The van der Waals surface area contributed by atoms with Gasteiger partial charge in [-0.05, 0) is 56.0 Å². The molecule has 37 heavy (non-hydrogen) atoms. The van der Waals surface area contributed by atoms with E-state index in [0.717, 1.165) is 17.7 Å². The average Bonchev–Trinajstić information content (AvgIpc) is 3.18. The molecule has 2 aromatic carbocycles. The molecule has 0 unspecified atom stereocenters. The summed E-state index contributed by atoms with van der Waals surface area (Å²) in [5.74, 6) is -2.84. The molecular weight excluding hydrogens is 502 g/mol. The molecule has 0 radical (unpaired) electrons. The first-order valence-corrected chi connectivity index (χ1v) is 12.1. The number of hydrogen-bond donors (Lipinski definition) is 3.